The SMILES string of the molecule is Cc1cccnc1NC(=O)c1cc(C(C)C)nc2c1cnn2C(C)C. The first kappa shape index (κ1) is 17.1. The Balaban J connectivity index is 2.11. The molecule has 0 aromatic carbocycles. The Morgan fingerprint density at radius 2 is 2.00 bits per heavy atom. The number of fused-ring (bicyclic) bond motifs is 1. The van der Waals surface area contributed by atoms with E-state index >= 15 is 0 Å². The maximum Gasteiger partial charge on any atom is 0.257 e. The lowest BCUT2D eigenvalue weighted by atomic mass is 10.0. The first-order chi connectivity index (χ1) is 11.9. The zero-order valence-corrected chi connectivity index (χ0v) is 15.2. The zero-order valence-electron chi connectivity index (χ0n) is 15.2. The van der Waals surface area contributed by atoms with E-state index < -0.39 is 0 Å². The fourth-order valence-corrected chi connectivity index (χ4v) is 2.69. The molecule has 3 aromatic heterocycles. The van der Waals surface area contributed by atoms with E-state index in [0.717, 1.165) is 22.3 Å². The number of nitrogens with one attached hydrogen (secondary N) is 1. The van der Waals surface area contributed by atoms with Crippen LogP contribution in [0.1, 0.15) is 61.3 Å². The lowest BCUT2D eigenvalue weighted by Crippen LogP contribution is -2.15. The highest BCUT2D eigenvalue weighted by atomic mass is 16.1. The van der Waals surface area contributed by atoms with Crippen LogP contribution in [0.15, 0.2) is 30.6 Å². The molecule has 3 heterocycles. The van der Waals surface area contributed by atoms with Crippen molar-refractivity contribution >= 4 is 22.8 Å². The molecule has 0 saturated heterocycles. The Morgan fingerprint density at radius 1 is 1.24 bits per heavy atom. The predicted octanol–water partition coefficient (Wildman–Crippen LogP) is 4.09. The first-order valence-electron chi connectivity index (χ1n) is 8.49. The molecule has 0 atom stereocenters. The average Bonchev–Trinajstić information content (AvgIpc) is 3.00. The van der Waals surface area contributed by atoms with Crippen LogP contribution in [0.4, 0.5) is 5.82 Å². The van der Waals surface area contributed by atoms with Gasteiger partial charge in [-0.05, 0) is 44.4 Å². The quantitative estimate of drug-likeness (QED) is 0.778. The van der Waals surface area contributed by atoms with Crippen LogP contribution in [0.3, 0.4) is 0 Å². The molecular weight excluding hydrogens is 314 g/mol. The molecule has 0 aliphatic heterocycles. The molecule has 6 nitrogen and oxygen atoms in total. The average molecular weight is 337 g/mol. The molecular formula is C19H23N5O. The number of aryl methyl sites for hydroxylation is 1. The molecule has 0 spiro atoms. The molecule has 0 unspecified atom stereocenters. The molecule has 0 aliphatic carbocycles. The van der Waals surface area contributed by atoms with Gasteiger partial charge in [0, 0.05) is 17.9 Å². The summed E-state index contributed by atoms with van der Waals surface area (Å²) in [5, 5.41) is 8.08. The fourth-order valence-electron chi connectivity index (χ4n) is 2.69. The third-order valence-electron chi connectivity index (χ3n) is 4.15. The summed E-state index contributed by atoms with van der Waals surface area (Å²) >= 11 is 0. The molecule has 1 amide bonds. The Bertz CT molecular complexity index is 927. The Hall–Kier alpha value is -2.76. The van der Waals surface area contributed by atoms with Crippen molar-refractivity contribution in [2.24, 2.45) is 0 Å². The van der Waals surface area contributed by atoms with E-state index in [0.29, 0.717) is 11.4 Å². The van der Waals surface area contributed by atoms with Gasteiger partial charge in [-0.2, -0.15) is 5.10 Å². The molecule has 6 heteroatoms. The van der Waals surface area contributed by atoms with Crippen molar-refractivity contribution in [2.45, 2.75) is 46.6 Å². The highest BCUT2D eigenvalue weighted by Gasteiger charge is 2.19. The van der Waals surface area contributed by atoms with Gasteiger partial charge in [0.1, 0.15) is 5.82 Å². The van der Waals surface area contributed by atoms with E-state index in [1.807, 2.05) is 43.7 Å². The van der Waals surface area contributed by atoms with Crippen molar-refractivity contribution in [2.75, 3.05) is 5.32 Å². The van der Waals surface area contributed by atoms with Gasteiger partial charge in [0.15, 0.2) is 5.65 Å². The maximum atomic E-state index is 12.9. The number of rotatable bonds is 4. The molecule has 0 saturated carbocycles. The maximum absolute atomic E-state index is 12.9. The van der Waals surface area contributed by atoms with Crippen LogP contribution in [-0.4, -0.2) is 25.7 Å². The largest absolute Gasteiger partial charge is 0.306 e. The Labute approximate surface area is 147 Å². The van der Waals surface area contributed by atoms with E-state index in [2.05, 4.69) is 29.2 Å². The van der Waals surface area contributed by atoms with Crippen molar-refractivity contribution in [1.29, 1.82) is 0 Å². The first-order valence-corrected chi connectivity index (χ1v) is 8.49. The minimum absolute atomic E-state index is 0.168. The van der Waals surface area contributed by atoms with Gasteiger partial charge >= 0.3 is 0 Å². The van der Waals surface area contributed by atoms with Gasteiger partial charge in [-0.3, -0.25) is 4.79 Å². The standard InChI is InChI=1S/C19H23N5O/c1-11(2)16-9-14(15-10-21-24(12(3)4)18(15)22-16)19(25)23-17-13(5)7-6-8-20-17/h6-12H,1-5H3,(H,20,23,25). The molecule has 0 radical (unpaired) electrons. The molecule has 0 fully saturated rings. The molecule has 3 rings (SSSR count). The van der Waals surface area contributed by atoms with Crippen LogP contribution < -0.4 is 5.32 Å². The lowest BCUT2D eigenvalue weighted by molar-refractivity contribution is 0.102. The molecule has 130 valence electrons. The lowest BCUT2D eigenvalue weighted by Gasteiger charge is -2.12. The molecule has 1 N–H and O–H groups in total. The second-order valence-corrected chi connectivity index (χ2v) is 6.79. The summed E-state index contributed by atoms with van der Waals surface area (Å²) in [6.45, 7) is 10.1. The van der Waals surface area contributed by atoms with Gasteiger partial charge in [0.2, 0.25) is 0 Å². The smallest absolute Gasteiger partial charge is 0.257 e. The van der Waals surface area contributed by atoms with Gasteiger partial charge in [0.05, 0.1) is 17.1 Å². The summed E-state index contributed by atoms with van der Waals surface area (Å²) in [5.41, 5.74) is 3.11. The summed E-state index contributed by atoms with van der Waals surface area (Å²) in [5.74, 6) is 0.585. The van der Waals surface area contributed by atoms with Crippen molar-refractivity contribution in [3.8, 4) is 0 Å². The summed E-state index contributed by atoms with van der Waals surface area (Å²) in [6.07, 6.45) is 3.38. The van der Waals surface area contributed by atoms with Gasteiger partial charge in [-0.25, -0.2) is 14.6 Å². The minimum Gasteiger partial charge on any atom is -0.306 e. The number of anilines is 1. The number of carbonyl (C=O) groups excluding carboxylic acids is 1. The third-order valence-corrected chi connectivity index (χ3v) is 4.15. The number of amides is 1. The second-order valence-electron chi connectivity index (χ2n) is 6.79. The summed E-state index contributed by atoms with van der Waals surface area (Å²) < 4.78 is 1.85. The molecule has 3 aromatic rings. The van der Waals surface area contributed by atoms with Gasteiger partial charge in [-0.1, -0.05) is 19.9 Å². The number of nitrogens with zero attached hydrogens (tertiary/aromatic N) is 4. The Kier molecular flexibility index (Phi) is 4.53. The number of hydrogen-bond donors (Lipinski definition) is 1. The van der Waals surface area contributed by atoms with E-state index in [1.54, 1.807) is 12.4 Å². The summed E-state index contributed by atoms with van der Waals surface area (Å²) in [6, 6.07) is 5.79. The number of aromatic nitrogens is 4. The normalized spacial score (nSPS) is 11.5. The van der Waals surface area contributed by atoms with Crippen LogP contribution in [0.2, 0.25) is 0 Å². The zero-order chi connectivity index (χ0) is 18.1. The van der Waals surface area contributed by atoms with Crippen LogP contribution in [-0.2, 0) is 0 Å². The van der Waals surface area contributed by atoms with Crippen molar-refractivity contribution in [3.63, 3.8) is 0 Å². The molecule has 0 aliphatic rings. The van der Waals surface area contributed by atoms with E-state index in [1.165, 1.54) is 0 Å². The van der Waals surface area contributed by atoms with E-state index in [9.17, 15) is 4.79 Å². The van der Waals surface area contributed by atoms with Crippen molar-refractivity contribution in [3.05, 3.63) is 47.4 Å². The number of pyridine rings is 2. The number of hydrogen-bond acceptors (Lipinski definition) is 4. The Morgan fingerprint density at radius 3 is 2.64 bits per heavy atom. The van der Waals surface area contributed by atoms with Crippen molar-refractivity contribution in [1.82, 2.24) is 19.7 Å². The predicted molar refractivity (Wildman–Crippen MR) is 98.9 cm³/mol. The van der Waals surface area contributed by atoms with Crippen molar-refractivity contribution < 1.29 is 4.79 Å². The van der Waals surface area contributed by atoms with Gasteiger partial charge in [-0.15, -0.1) is 0 Å². The highest BCUT2D eigenvalue weighted by molar-refractivity contribution is 6.11. The molecule has 0 bridgehead atoms. The van der Waals surface area contributed by atoms with Gasteiger partial charge in [0.25, 0.3) is 5.91 Å². The summed E-state index contributed by atoms with van der Waals surface area (Å²) in [4.78, 5) is 21.9. The fraction of sp³-hybridized carbons (Fsp3) is 0.368. The third kappa shape index (κ3) is 3.24. The monoisotopic (exact) mass is 337 g/mol. The van der Waals surface area contributed by atoms with E-state index in [4.69, 9.17) is 4.98 Å². The van der Waals surface area contributed by atoms with Crippen LogP contribution in [0, 0.1) is 6.92 Å². The summed E-state index contributed by atoms with van der Waals surface area (Å²) in [7, 11) is 0. The van der Waals surface area contributed by atoms with E-state index in [-0.39, 0.29) is 17.9 Å². The minimum atomic E-state index is -0.195. The number of carbonyl (C=O) groups is 1. The molecule has 25 heavy (non-hydrogen) atoms. The van der Waals surface area contributed by atoms with Crippen LogP contribution in [0.25, 0.3) is 11.0 Å². The second kappa shape index (κ2) is 6.63. The van der Waals surface area contributed by atoms with Crippen LogP contribution in [0.5, 0.6) is 0 Å². The van der Waals surface area contributed by atoms with Crippen LogP contribution >= 0.6 is 0 Å². The van der Waals surface area contributed by atoms with Gasteiger partial charge < -0.3 is 5.32 Å². The topological polar surface area (TPSA) is 72.7 Å². The highest BCUT2D eigenvalue weighted by Crippen LogP contribution is 2.25.